The number of carbonyl (C=O) groups is 2. The molecule has 0 spiro atoms. The van der Waals surface area contributed by atoms with Gasteiger partial charge in [0.2, 0.25) is 5.91 Å². The van der Waals surface area contributed by atoms with E-state index >= 15 is 0 Å². The lowest BCUT2D eigenvalue weighted by atomic mass is 9.82. The monoisotopic (exact) mass is 275 g/mol. The van der Waals surface area contributed by atoms with Crippen LogP contribution < -0.4 is 0 Å². The van der Waals surface area contributed by atoms with E-state index in [-0.39, 0.29) is 11.9 Å². The third-order valence-electron chi connectivity index (χ3n) is 4.86. The van der Waals surface area contributed by atoms with Gasteiger partial charge in [0.05, 0.1) is 17.4 Å². The molecule has 4 atom stereocenters. The van der Waals surface area contributed by atoms with Crippen molar-refractivity contribution in [3.63, 3.8) is 0 Å². The van der Waals surface area contributed by atoms with Crippen molar-refractivity contribution in [1.29, 1.82) is 0 Å². The predicted octanol–water partition coefficient (Wildman–Crippen LogP) is 2.52. The van der Waals surface area contributed by atoms with Gasteiger partial charge in [-0.3, -0.25) is 4.79 Å². The number of hydrogen-bond acceptors (Lipinski definition) is 2. The molecule has 2 fully saturated rings. The van der Waals surface area contributed by atoms with Crippen molar-refractivity contribution in [2.45, 2.75) is 32.0 Å². The Morgan fingerprint density at radius 2 is 2.10 bits per heavy atom. The summed E-state index contributed by atoms with van der Waals surface area (Å²) in [6, 6.07) is 9.53. The number of likely N-dealkylation sites (tertiary alicyclic amines) is 1. The molecule has 3 rings (SSSR count). The van der Waals surface area contributed by atoms with Gasteiger partial charge in [-0.05, 0) is 25.3 Å². The Bertz CT molecular complexity index is 533. The summed E-state index contributed by atoms with van der Waals surface area (Å²) in [6.07, 6.45) is 0.433. The van der Waals surface area contributed by atoms with Crippen LogP contribution in [-0.4, -0.2) is 29.8 Å². The molecule has 1 saturated carbocycles. The predicted molar refractivity (Wildman–Crippen MR) is 72.7 cm³/mol. The third kappa shape index (κ3) is 1.78. The van der Waals surface area contributed by atoms with Crippen molar-refractivity contribution < 1.29 is 14.0 Å². The quantitative estimate of drug-likeness (QED) is 0.795. The van der Waals surface area contributed by atoms with Gasteiger partial charge in [0.1, 0.15) is 12.5 Å². The molecule has 4 heteroatoms. The van der Waals surface area contributed by atoms with Gasteiger partial charge in [0.15, 0.2) is 0 Å². The molecule has 1 aromatic carbocycles. The maximum Gasteiger partial charge on any atom is 0.230 e. The van der Waals surface area contributed by atoms with Crippen molar-refractivity contribution >= 4 is 12.2 Å². The van der Waals surface area contributed by atoms with Crippen LogP contribution in [0.3, 0.4) is 0 Å². The summed E-state index contributed by atoms with van der Waals surface area (Å²) in [5.74, 6) is -0.982. The largest absolute Gasteiger partial charge is 0.335 e. The summed E-state index contributed by atoms with van der Waals surface area (Å²) < 4.78 is 14.0. The van der Waals surface area contributed by atoms with Crippen LogP contribution in [0.1, 0.15) is 31.4 Å². The molecule has 1 amide bonds. The second-order valence-electron chi connectivity index (χ2n) is 5.94. The average Bonchev–Trinajstić information content (AvgIpc) is 2.96. The molecule has 3 nitrogen and oxygen atoms in total. The van der Waals surface area contributed by atoms with Crippen LogP contribution in [0.5, 0.6) is 0 Å². The van der Waals surface area contributed by atoms with Crippen molar-refractivity contribution in [1.82, 2.24) is 4.90 Å². The molecule has 1 heterocycles. The summed E-state index contributed by atoms with van der Waals surface area (Å²) in [5.41, 5.74) is 0.205. The fourth-order valence-electron chi connectivity index (χ4n) is 3.65. The standard InChI is InChI=1S/C16H18FNO2/c1-11(12-5-3-2-4-6-12)18-9-16(10-19)8-7-13(17)14(16)15(18)20/h2-6,10-11,13-14H,7-9H2,1H3/t11-,13-,14-,16+/m1/s1. The summed E-state index contributed by atoms with van der Waals surface area (Å²) in [6.45, 7) is 2.27. The first kappa shape index (κ1) is 13.3. The number of carbonyl (C=O) groups excluding carboxylic acids is 2. The molecule has 0 bridgehead atoms. The van der Waals surface area contributed by atoms with Crippen LogP contribution in [0.15, 0.2) is 30.3 Å². The highest BCUT2D eigenvalue weighted by Crippen LogP contribution is 2.51. The smallest absolute Gasteiger partial charge is 0.230 e. The van der Waals surface area contributed by atoms with Crippen molar-refractivity contribution in [3.8, 4) is 0 Å². The Labute approximate surface area is 117 Å². The van der Waals surface area contributed by atoms with E-state index in [1.807, 2.05) is 37.3 Å². The molecule has 20 heavy (non-hydrogen) atoms. The van der Waals surface area contributed by atoms with Gasteiger partial charge in [0.25, 0.3) is 0 Å². The van der Waals surface area contributed by atoms with Crippen LogP contribution >= 0.6 is 0 Å². The number of benzene rings is 1. The van der Waals surface area contributed by atoms with Crippen LogP contribution in [0, 0.1) is 11.3 Å². The molecule has 0 aromatic heterocycles. The molecule has 2 aliphatic rings. The Hall–Kier alpha value is -1.71. The highest BCUT2D eigenvalue weighted by atomic mass is 19.1. The van der Waals surface area contributed by atoms with Gasteiger partial charge in [0, 0.05) is 6.54 Å². The Morgan fingerprint density at radius 1 is 1.40 bits per heavy atom. The van der Waals surface area contributed by atoms with E-state index in [1.165, 1.54) is 0 Å². The number of halogens is 1. The van der Waals surface area contributed by atoms with Crippen molar-refractivity contribution in [3.05, 3.63) is 35.9 Å². The maximum absolute atomic E-state index is 14.0. The minimum absolute atomic E-state index is 0.127. The molecule has 0 N–H and O–H groups in total. The zero-order chi connectivity index (χ0) is 14.3. The Kier molecular flexibility index (Phi) is 3.11. The summed E-state index contributed by atoms with van der Waals surface area (Å²) >= 11 is 0. The van der Waals surface area contributed by atoms with E-state index in [9.17, 15) is 14.0 Å². The van der Waals surface area contributed by atoms with E-state index in [2.05, 4.69) is 0 Å². The van der Waals surface area contributed by atoms with E-state index in [0.29, 0.717) is 19.4 Å². The second-order valence-corrected chi connectivity index (χ2v) is 5.94. The van der Waals surface area contributed by atoms with E-state index in [1.54, 1.807) is 4.90 Å². The number of hydrogen-bond donors (Lipinski definition) is 0. The number of alkyl halides is 1. The lowest BCUT2D eigenvalue weighted by Gasteiger charge is -2.27. The Balaban J connectivity index is 1.90. The molecular formula is C16H18FNO2. The minimum Gasteiger partial charge on any atom is -0.335 e. The topological polar surface area (TPSA) is 37.4 Å². The Morgan fingerprint density at radius 3 is 2.70 bits per heavy atom. The fourth-order valence-corrected chi connectivity index (χ4v) is 3.65. The van der Waals surface area contributed by atoms with E-state index in [0.717, 1.165) is 11.8 Å². The number of aldehydes is 1. The van der Waals surface area contributed by atoms with Crippen molar-refractivity contribution in [2.24, 2.45) is 11.3 Å². The number of rotatable bonds is 3. The van der Waals surface area contributed by atoms with Gasteiger partial charge in [-0.2, -0.15) is 0 Å². The number of amides is 1. The lowest BCUT2D eigenvalue weighted by Crippen LogP contribution is -2.32. The van der Waals surface area contributed by atoms with Crippen LogP contribution in [0.2, 0.25) is 0 Å². The van der Waals surface area contributed by atoms with E-state index in [4.69, 9.17) is 0 Å². The molecular weight excluding hydrogens is 257 g/mol. The SMILES string of the molecule is C[C@H](c1ccccc1)N1C[C@]2(C=O)CC[C@@H](F)[C@@H]2C1=O. The molecule has 1 aliphatic heterocycles. The zero-order valence-corrected chi connectivity index (χ0v) is 11.5. The minimum atomic E-state index is -1.18. The molecule has 1 aliphatic carbocycles. The highest BCUT2D eigenvalue weighted by molar-refractivity contribution is 5.89. The van der Waals surface area contributed by atoms with Gasteiger partial charge < -0.3 is 9.69 Å². The summed E-state index contributed by atoms with van der Waals surface area (Å²) in [5, 5.41) is 0. The second kappa shape index (κ2) is 4.69. The average molecular weight is 275 g/mol. The van der Waals surface area contributed by atoms with Crippen LogP contribution in [0.4, 0.5) is 4.39 Å². The molecule has 106 valence electrons. The van der Waals surface area contributed by atoms with E-state index < -0.39 is 17.5 Å². The maximum atomic E-state index is 14.0. The lowest BCUT2D eigenvalue weighted by molar-refractivity contribution is -0.135. The first-order valence-electron chi connectivity index (χ1n) is 7.05. The van der Waals surface area contributed by atoms with Gasteiger partial charge in [-0.15, -0.1) is 0 Å². The fraction of sp³-hybridized carbons (Fsp3) is 0.500. The van der Waals surface area contributed by atoms with Crippen LogP contribution in [-0.2, 0) is 9.59 Å². The van der Waals surface area contributed by atoms with Gasteiger partial charge in [-0.1, -0.05) is 30.3 Å². The molecule has 0 unspecified atom stereocenters. The molecule has 1 saturated heterocycles. The van der Waals surface area contributed by atoms with Gasteiger partial charge >= 0.3 is 0 Å². The van der Waals surface area contributed by atoms with Crippen LogP contribution in [0.25, 0.3) is 0 Å². The highest BCUT2D eigenvalue weighted by Gasteiger charge is 2.60. The van der Waals surface area contributed by atoms with Gasteiger partial charge in [-0.25, -0.2) is 4.39 Å². The normalized spacial score (nSPS) is 34.1. The van der Waals surface area contributed by atoms with Crippen molar-refractivity contribution in [2.75, 3.05) is 6.54 Å². The first-order chi connectivity index (χ1) is 9.59. The summed E-state index contributed by atoms with van der Waals surface area (Å²) in [7, 11) is 0. The zero-order valence-electron chi connectivity index (χ0n) is 11.5. The summed E-state index contributed by atoms with van der Waals surface area (Å²) in [4.78, 5) is 25.6. The first-order valence-corrected chi connectivity index (χ1v) is 7.05. The third-order valence-corrected chi connectivity index (χ3v) is 4.86. The number of fused-ring (bicyclic) bond motifs is 1. The number of nitrogens with zero attached hydrogens (tertiary/aromatic N) is 1. The molecule has 0 radical (unpaired) electrons. The molecule has 1 aromatic rings.